The van der Waals surface area contributed by atoms with Gasteiger partial charge in [-0.15, -0.1) is 0 Å². The molecular formula is C23H21Cl2NO3. The Balaban J connectivity index is 1.82. The molecule has 0 aliphatic carbocycles. The quantitative estimate of drug-likeness (QED) is 0.464. The van der Waals surface area contributed by atoms with Crippen molar-refractivity contribution in [1.29, 1.82) is 0 Å². The van der Waals surface area contributed by atoms with Gasteiger partial charge in [-0.25, -0.2) is 0 Å². The van der Waals surface area contributed by atoms with Crippen LogP contribution in [-0.4, -0.2) is 12.5 Å². The van der Waals surface area contributed by atoms with Crippen molar-refractivity contribution in [2.24, 2.45) is 0 Å². The maximum atomic E-state index is 12.8. The Labute approximate surface area is 180 Å². The van der Waals surface area contributed by atoms with Gasteiger partial charge in [0, 0.05) is 21.8 Å². The van der Waals surface area contributed by atoms with Crippen LogP contribution < -0.4 is 14.8 Å². The molecule has 0 heterocycles. The molecule has 0 fully saturated rings. The highest BCUT2D eigenvalue weighted by Gasteiger charge is 2.13. The second kappa shape index (κ2) is 9.68. The van der Waals surface area contributed by atoms with Crippen LogP contribution >= 0.6 is 23.2 Å². The Bertz CT molecular complexity index is 1020. The van der Waals surface area contributed by atoms with Crippen LogP contribution in [0.15, 0.2) is 60.7 Å². The van der Waals surface area contributed by atoms with Crippen molar-refractivity contribution in [3.8, 4) is 11.5 Å². The minimum atomic E-state index is -0.239. The Hall–Kier alpha value is -2.69. The molecule has 0 radical (unpaired) electrons. The molecule has 1 amide bonds. The molecule has 0 atom stereocenters. The average Bonchev–Trinajstić information content (AvgIpc) is 2.72. The van der Waals surface area contributed by atoms with E-state index in [1.54, 1.807) is 42.5 Å². The topological polar surface area (TPSA) is 47.6 Å². The Morgan fingerprint density at radius 2 is 1.69 bits per heavy atom. The fourth-order valence-electron chi connectivity index (χ4n) is 2.78. The van der Waals surface area contributed by atoms with Crippen LogP contribution in [0.4, 0.5) is 5.69 Å². The minimum absolute atomic E-state index is 0.219. The molecule has 0 aromatic heterocycles. The zero-order valence-electron chi connectivity index (χ0n) is 16.2. The van der Waals surface area contributed by atoms with E-state index in [2.05, 4.69) is 5.32 Å². The van der Waals surface area contributed by atoms with Crippen molar-refractivity contribution in [2.45, 2.75) is 20.5 Å². The standard InChI is InChI=1S/C23H21Cl2NO3/c1-3-28-21-12-11-16(23(27)26-20-9-6-8-18(24)15(20)2)13-17(21)14-29-22-10-5-4-7-19(22)25/h4-13H,3,14H2,1-2H3,(H,26,27). The van der Waals surface area contributed by atoms with Crippen LogP contribution in [0.3, 0.4) is 0 Å². The fourth-order valence-corrected chi connectivity index (χ4v) is 3.15. The molecule has 0 aliphatic heterocycles. The number of hydrogen-bond acceptors (Lipinski definition) is 3. The number of ether oxygens (including phenoxy) is 2. The maximum absolute atomic E-state index is 12.8. The summed E-state index contributed by atoms with van der Waals surface area (Å²) in [7, 11) is 0. The number of para-hydroxylation sites is 1. The number of nitrogens with one attached hydrogen (secondary N) is 1. The number of rotatable bonds is 7. The van der Waals surface area contributed by atoms with Gasteiger partial charge in [0.1, 0.15) is 18.1 Å². The van der Waals surface area contributed by atoms with Gasteiger partial charge < -0.3 is 14.8 Å². The Morgan fingerprint density at radius 1 is 0.931 bits per heavy atom. The summed E-state index contributed by atoms with van der Waals surface area (Å²) < 4.78 is 11.5. The average molecular weight is 430 g/mol. The number of benzene rings is 3. The molecular weight excluding hydrogens is 409 g/mol. The van der Waals surface area contributed by atoms with E-state index in [4.69, 9.17) is 32.7 Å². The van der Waals surface area contributed by atoms with Crippen molar-refractivity contribution in [1.82, 2.24) is 0 Å². The van der Waals surface area contributed by atoms with Crippen molar-refractivity contribution in [3.05, 3.63) is 87.4 Å². The highest BCUT2D eigenvalue weighted by molar-refractivity contribution is 6.32. The molecule has 3 rings (SSSR count). The van der Waals surface area contributed by atoms with E-state index >= 15 is 0 Å². The molecule has 1 N–H and O–H groups in total. The van der Waals surface area contributed by atoms with Crippen LogP contribution in [0.5, 0.6) is 11.5 Å². The van der Waals surface area contributed by atoms with Crippen LogP contribution in [0.1, 0.15) is 28.4 Å². The highest BCUT2D eigenvalue weighted by atomic mass is 35.5. The molecule has 3 aromatic carbocycles. The zero-order valence-corrected chi connectivity index (χ0v) is 17.7. The molecule has 0 saturated heterocycles. The third-order valence-electron chi connectivity index (χ3n) is 4.36. The summed E-state index contributed by atoms with van der Waals surface area (Å²) in [5.41, 5.74) is 2.73. The second-order valence-electron chi connectivity index (χ2n) is 6.34. The van der Waals surface area contributed by atoms with Crippen LogP contribution in [0.25, 0.3) is 0 Å². The monoisotopic (exact) mass is 429 g/mol. The predicted octanol–water partition coefficient (Wildman–Crippen LogP) is 6.53. The molecule has 3 aromatic rings. The van der Waals surface area contributed by atoms with Gasteiger partial charge >= 0.3 is 0 Å². The number of carbonyl (C=O) groups is 1. The normalized spacial score (nSPS) is 10.5. The SMILES string of the molecule is CCOc1ccc(C(=O)Nc2cccc(Cl)c2C)cc1COc1ccccc1Cl. The van der Waals surface area contributed by atoms with Gasteiger partial charge in [0.15, 0.2) is 0 Å². The molecule has 0 spiro atoms. The number of carbonyl (C=O) groups excluding carboxylic acids is 1. The van der Waals surface area contributed by atoms with Crippen LogP contribution in [-0.2, 0) is 6.61 Å². The first-order chi connectivity index (χ1) is 14.0. The number of halogens is 2. The molecule has 29 heavy (non-hydrogen) atoms. The molecule has 0 aliphatic rings. The van der Waals surface area contributed by atoms with Crippen LogP contribution in [0.2, 0.25) is 10.0 Å². The first kappa shape index (κ1) is 21.0. The van der Waals surface area contributed by atoms with Gasteiger partial charge in [-0.1, -0.05) is 41.4 Å². The molecule has 0 bridgehead atoms. The summed E-state index contributed by atoms with van der Waals surface area (Å²) in [6.45, 7) is 4.49. The van der Waals surface area contributed by atoms with E-state index in [0.717, 1.165) is 11.1 Å². The summed E-state index contributed by atoms with van der Waals surface area (Å²) in [5.74, 6) is 0.994. The second-order valence-corrected chi connectivity index (χ2v) is 7.16. The van der Waals surface area contributed by atoms with Gasteiger partial charge in [0.05, 0.1) is 11.6 Å². The molecule has 6 heteroatoms. The predicted molar refractivity (Wildman–Crippen MR) is 118 cm³/mol. The van der Waals surface area contributed by atoms with Crippen molar-refractivity contribution < 1.29 is 14.3 Å². The van der Waals surface area contributed by atoms with Crippen molar-refractivity contribution >= 4 is 34.8 Å². The first-order valence-corrected chi connectivity index (χ1v) is 9.94. The number of anilines is 1. The Morgan fingerprint density at radius 3 is 2.45 bits per heavy atom. The lowest BCUT2D eigenvalue weighted by atomic mass is 10.1. The van der Waals surface area contributed by atoms with E-state index in [1.165, 1.54) is 0 Å². The van der Waals surface area contributed by atoms with Gasteiger partial charge in [-0.05, 0) is 61.9 Å². The van der Waals surface area contributed by atoms with Crippen molar-refractivity contribution in [2.75, 3.05) is 11.9 Å². The lowest BCUT2D eigenvalue weighted by molar-refractivity contribution is 0.102. The lowest BCUT2D eigenvalue weighted by Gasteiger charge is -2.14. The first-order valence-electron chi connectivity index (χ1n) is 9.19. The van der Waals surface area contributed by atoms with Crippen molar-refractivity contribution in [3.63, 3.8) is 0 Å². The lowest BCUT2D eigenvalue weighted by Crippen LogP contribution is -2.14. The summed E-state index contributed by atoms with van der Waals surface area (Å²) in [4.78, 5) is 12.8. The smallest absolute Gasteiger partial charge is 0.255 e. The highest BCUT2D eigenvalue weighted by Crippen LogP contribution is 2.28. The molecule has 0 unspecified atom stereocenters. The zero-order chi connectivity index (χ0) is 20.8. The summed E-state index contributed by atoms with van der Waals surface area (Å²) in [6, 6.07) is 17.9. The third kappa shape index (κ3) is 5.22. The van der Waals surface area contributed by atoms with E-state index in [0.29, 0.717) is 39.4 Å². The van der Waals surface area contributed by atoms with Gasteiger partial charge in [0.25, 0.3) is 5.91 Å². The fraction of sp³-hybridized carbons (Fsp3) is 0.174. The number of hydrogen-bond donors (Lipinski definition) is 1. The molecule has 150 valence electrons. The van der Waals surface area contributed by atoms with E-state index in [-0.39, 0.29) is 12.5 Å². The van der Waals surface area contributed by atoms with E-state index in [1.807, 2.05) is 32.0 Å². The summed E-state index contributed by atoms with van der Waals surface area (Å²) in [6.07, 6.45) is 0. The summed E-state index contributed by atoms with van der Waals surface area (Å²) >= 11 is 12.3. The third-order valence-corrected chi connectivity index (χ3v) is 5.08. The van der Waals surface area contributed by atoms with E-state index < -0.39 is 0 Å². The largest absolute Gasteiger partial charge is 0.493 e. The van der Waals surface area contributed by atoms with Gasteiger partial charge in [0.2, 0.25) is 0 Å². The molecule has 0 saturated carbocycles. The maximum Gasteiger partial charge on any atom is 0.255 e. The minimum Gasteiger partial charge on any atom is -0.493 e. The number of amides is 1. The summed E-state index contributed by atoms with van der Waals surface area (Å²) in [5, 5.41) is 4.03. The Kier molecular flexibility index (Phi) is 7.02. The van der Waals surface area contributed by atoms with Gasteiger partial charge in [-0.3, -0.25) is 4.79 Å². The van der Waals surface area contributed by atoms with Gasteiger partial charge in [-0.2, -0.15) is 0 Å². The van der Waals surface area contributed by atoms with E-state index in [9.17, 15) is 4.79 Å². The van der Waals surface area contributed by atoms with Crippen LogP contribution in [0, 0.1) is 6.92 Å². The molecule has 4 nitrogen and oxygen atoms in total.